The van der Waals surface area contributed by atoms with E-state index in [4.69, 9.17) is 12.2 Å². The van der Waals surface area contributed by atoms with Crippen LogP contribution in [0.25, 0.3) is 11.4 Å². The van der Waals surface area contributed by atoms with Crippen molar-refractivity contribution < 1.29 is 5.11 Å². The van der Waals surface area contributed by atoms with Crippen LogP contribution in [-0.4, -0.2) is 14.2 Å². The molecule has 0 aliphatic carbocycles. The molecule has 9 heteroatoms. The summed E-state index contributed by atoms with van der Waals surface area (Å²) < 4.78 is 4.61. The number of nitrogens with zero attached hydrogens (tertiary/aromatic N) is 4. The molecule has 0 unspecified atom stereocenters. The number of benzene rings is 3. The highest BCUT2D eigenvalue weighted by Gasteiger charge is 2.19. The summed E-state index contributed by atoms with van der Waals surface area (Å²) >= 11 is 12.4. The molecule has 0 saturated heterocycles. The van der Waals surface area contributed by atoms with Crippen molar-refractivity contribution in [2.45, 2.75) is 6.92 Å². The molecule has 1 N–H and O–H groups in total. The van der Waals surface area contributed by atoms with Crippen LogP contribution >= 0.6 is 44.1 Å². The van der Waals surface area contributed by atoms with Crippen molar-refractivity contribution in [3.63, 3.8) is 0 Å². The molecule has 0 radical (unpaired) electrons. The SMILES string of the molecule is Cc1ccc(-n2c(O)c(N=Nc3ccc(Br)cc3)c(=O)n(-c3ccc(Br)cc3)c2=S)cc1. The third-order valence-corrected chi connectivity index (χ3v) is 6.10. The molecule has 1 aromatic heterocycles. The molecular formula is C23H16Br2N4O2S. The van der Waals surface area contributed by atoms with Gasteiger partial charge in [0.1, 0.15) is 0 Å². The molecule has 3 aromatic carbocycles. The van der Waals surface area contributed by atoms with Crippen molar-refractivity contribution in [3.05, 3.63) is 102 Å². The fourth-order valence-electron chi connectivity index (χ4n) is 3.03. The molecule has 32 heavy (non-hydrogen) atoms. The number of halogens is 2. The van der Waals surface area contributed by atoms with E-state index < -0.39 is 5.56 Å². The fourth-order valence-corrected chi connectivity index (χ4v) is 3.94. The molecule has 0 fully saturated rings. The summed E-state index contributed by atoms with van der Waals surface area (Å²) in [6.07, 6.45) is 0. The first kappa shape index (κ1) is 22.3. The lowest BCUT2D eigenvalue weighted by Crippen LogP contribution is -2.23. The third kappa shape index (κ3) is 4.50. The van der Waals surface area contributed by atoms with Crippen molar-refractivity contribution in [2.75, 3.05) is 0 Å². The summed E-state index contributed by atoms with van der Waals surface area (Å²) in [5, 5.41) is 19.3. The normalized spacial score (nSPS) is 11.2. The van der Waals surface area contributed by atoms with Gasteiger partial charge in [0, 0.05) is 8.95 Å². The topological polar surface area (TPSA) is 71.9 Å². The van der Waals surface area contributed by atoms with E-state index in [0.29, 0.717) is 17.1 Å². The van der Waals surface area contributed by atoms with E-state index in [9.17, 15) is 9.90 Å². The van der Waals surface area contributed by atoms with Gasteiger partial charge in [-0.15, -0.1) is 5.11 Å². The molecule has 0 spiro atoms. The van der Waals surface area contributed by atoms with Gasteiger partial charge in [0.05, 0.1) is 17.1 Å². The van der Waals surface area contributed by atoms with Gasteiger partial charge in [-0.1, -0.05) is 49.6 Å². The van der Waals surface area contributed by atoms with E-state index in [1.807, 2.05) is 55.5 Å². The number of rotatable bonds is 4. The van der Waals surface area contributed by atoms with Gasteiger partial charge < -0.3 is 5.11 Å². The molecule has 4 aromatic rings. The van der Waals surface area contributed by atoms with E-state index >= 15 is 0 Å². The molecule has 160 valence electrons. The van der Waals surface area contributed by atoms with Crippen LogP contribution < -0.4 is 5.56 Å². The second-order valence-electron chi connectivity index (χ2n) is 6.92. The summed E-state index contributed by atoms with van der Waals surface area (Å²) in [6, 6.07) is 21.7. The Morgan fingerprint density at radius 3 is 1.88 bits per heavy atom. The van der Waals surface area contributed by atoms with Gasteiger partial charge in [-0.2, -0.15) is 5.11 Å². The number of hydrogen-bond donors (Lipinski definition) is 1. The van der Waals surface area contributed by atoms with Crippen molar-refractivity contribution >= 4 is 55.5 Å². The summed E-state index contributed by atoms with van der Waals surface area (Å²) in [7, 11) is 0. The van der Waals surface area contributed by atoms with E-state index in [1.54, 1.807) is 24.3 Å². The number of aromatic hydroxyl groups is 1. The highest BCUT2D eigenvalue weighted by Crippen LogP contribution is 2.29. The first-order valence-electron chi connectivity index (χ1n) is 9.46. The Labute approximate surface area is 205 Å². The van der Waals surface area contributed by atoms with Gasteiger partial charge in [-0.3, -0.25) is 13.9 Å². The van der Waals surface area contributed by atoms with Gasteiger partial charge in [-0.25, -0.2) is 0 Å². The van der Waals surface area contributed by atoms with Gasteiger partial charge in [0.2, 0.25) is 11.6 Å². The lowest BCUT2D eigenvalue weighted by molar-refractivity contribution is 0.432. The van der Waals surface area contributed by atoms with Crippen LogP contribution in [0.3, 0.4) is 0 Å². The Morgan fingerprint density at radius 1 is 0.781 bits per heavy atom. The second-order valence-corrected chi connectivity index (χ2v) is 9.12. The van der Waals surface area contributed by atoms with Crippen LogP contribution in [0, 0.1) is 11.7 Å². The first-order valence-corrected chi connectivity index (χ1v) is 11.5. The molecule has 0 saturated carbocycles. The molecule has 6 nitrogen and oxygen atoms in total. The van der Waals surface area contributed by atoms with Crippen LogP contribution in [-0.2, 0) is 0 Å². The minimum Gasteiger partial charge on any atom is -0.492 e. The fraction of sp³-hybridized carbons (Fsp3) is 0.0435. The molecule has 0 aliphatic heterocycles. The standard InChI is InChI=1S/C23H16Br2N4O2S/c1-14-2-10-18(11-3-14)28-21(30)20(27-26-17-8-4-15(24)5-9-17)22(31)29(23(28)32)19-12-6-16(25)7-13-19/h2-13,30H,1H3. The molecule has 0 bridgehead atoms. The molecule has 4 rings (SSSR count). The molecule has 0 amide bonds. The first-order chi connectivity index (χ1) is 15.3. The van der Waals surface area contributed by atoms with Crippen molar-refractivity contribution in [1.29, 1.82) is 0 Å². The number of hydrogen-bond acceptors (Lipinski definition) is 5. The zero-order valence-electron chi connectivity index (χ0n) is 16.7. The minimum atomic E-state index is -0.570. The van der Waals surface area contributed by atoms with Crippen LogP contribution in [0.1, 0.15) is 5.56 Å². The van der Waals surface area contributed by atoms with Crippen molar-refractivity contribution in [1.82, 2.24) is 9.13 Å². The quantitative estimate of drug-likeness (QED) is 0.206. The summed E-state index contributed by atoms with van der Waals surface area (Å²) in [6.45, 7) is 1.96. The maximum atomic E-state index is 13.4. The van der Waals surface area contributed by atoms with Crippen LogP contribution in [0.2, 0.25) is 0 Å². The Hall–Kier alpha value is -2.88. The Kier molecular flexibility index (Phi) is 6.50. The Morgan fingerprint density at radius 2 is 1.28 bits per heavy atom. The van der Waals surface area contributed by atoms with E-state index in [0.717, 1.165) is 14.5 Å². The monoisotopic (exact) mass is 570 g/mol. The van der Waals surface area contributed by atoms with Gasteiger partial charge in [-0.05, 0) is 79.8 Å². The maximum absolute atomic E-state index is 13.4. The zero-order chi connectivity index (χ0) is 22.8. The summed E-state index contributed by atoms with van der Waals surface area (Å²) in [5.41, 5.74) is 1.94. The summed E-state index contributed by atoms with van der Waals surface area (Å²) in [4.78, 5) is 13.4. The zero-order valence-corrected chi connectivity index (χ0v) is 20.7. The average Bonchev–Trinajstić information content (AvgIpc) is 2.77. The lowest BCUT2D eigenvalue weighted by atomic mass is 10.2. The lowest BCUT2D eigenvalue weighted by Gasteiger charge is -2.16. The maximum Gasteiger partial charge on any atom is 0.290 e. The Balaban J connectivity index is 1.99. The molecular weight excluding hydrogens is 556 g/mol. The van der Waals surface area contributed by atoms with Gasteiger partial charge >= 0.3 is 0 Å². The molecule has 1 heterocycles. The van der Waals surface area contributed by atoms with Crippen molar-refractivity contribution in [2.24, 2.45) is 10.2 Å². The van der Waals surface area contributed by atoms with Crippen LogP contribution in [0.15, 0.2) is 96.8 Å². The third-order valence-electron chi connectivity index (χ3n) is 4.68. The molecule has 0 atom stereocenters. The number of aryl methyl sites for hydroxylation is 1. The minimum absolute atomic E-state index is 0.112. The van der Waals surface area contributed by atoms with E-state index in [-0.39, 0.29) is 16.3 Å². The van der Waals surface area contributed by atoms with Crippen LogP contribution in [0.4, 0.5) is 11.4 Å². The largest absolute Gasteiger partial charge is 0.492 e. The predicted molar refractivity (Wildman–Crippen MR) is 135 cm³/mol. The number of azo groups is 1. The number of aromatic nitrogens is 2. The highest BCUT2D eigenvalue weighted by molar-refractivity contribution is 9.10. The van der Waals surface area contributed by atoms with E-state index in [1.165, 1.54) is 9.13 Å². The predicted octanol–water partition coefficient (Wildman–Crippen LogP) is 7.31. The summed E-state index contributed by atoms with van der Waals surface area (Å²) in [5.74, 6) is -0.377. The average molecular weight is 572 g/mol. The second kappa shape index (κ2) is 9.32. The van der Waals surface area contributed by atoms with Gasteiger partial charge in [0.15, 0.2) is 4.77 Å². The van der Waals surface area contributed by atoms with Crippen molar-refractivity contribution in [3.8, 4) is 17.3 Å². The van der Waals surface area contributed by atoms with Gasteiger partial charge in [0.25, 0.3) is 5.56 Å². The van der Waals surface area contributed by atoms with E-state index in [2.05, 4.69) is 42.1 Å². The highest BCUT2D eigenvalue weighted by atomic mass is 79.9. The smallest absolute Gasteiger partial charge is 0.290 e. The van der Waals surface area contributed by atoms with Crippen LogP contribution in [0.5, 0.6) is 5.88 Å². The Bertz CT molecular complexity index is 1430. The molecule has 0 aliphatic rings.